The monoisotopic (exact) mass is 272 g/mol. The molecule has 0 aliphatic carbocycles. The largest absolute Gasteiger partial charge is 0.378 e. The van der Waals surface area contributed by atoms with E-state index in [1.54, 1.807) is 11.3 Å². The number of rotatable bonds is 3. The van der Waals surface area contributed by atoms with Crippen molar-refractivity contribution in [3.63, 3.8) is 0 Å². The lowest BCUT2D eigenvalue weighted by Gasteiger charge is -2.15. The Morgan fingerprint density at radius 1 is 1.37 bits per heavy atom. The summed E-state index contributed by atoms with van der Waals surface area (Å²) in [5.41, 5.74) is 4.18. The highest BCUT2D eigenvalue weighted by Crippen LogP contribution is 2.28. The zero-order chi connectivity index (χ0) is 13.4. The van der Waals surface area contributed by atoms with Gasteiger partial charge in [0, 0.05) is 22.7 Å². The Balaban J connectivity index is 1.83. The minimum absolute atomic E-state index is 0.0265. The first kappa shape index (κ1) is 12.2. The van der Waals surface area contributed by atoms with Crippen LogP contribution in [-0.4, -0.2) is 5.91 Å². The van der Waals surface area contributed by atoms with Gasteiger partial charge in [-0.15, -0.1) is 11.3 Å². The second kappa shape index (κ2) is 4.70. The molecule has 1 unspecified atom stereocenters. The standard InChI is InChI=1S/C15H16N2OS/c1-9-5-6-19-14(9)10(2)17-12-4-3-11-8-16-15(18)13(11)7-12/h3-7,10,17H,8H2,1-2H3,(H,16,18). The Morgan fingerprint density at radius 2 is 2.21 bits per heavy atom. The fourth-order valence-electron chi connectivity index (χ4n) is 2.45. The Labute approximate surface area is 116 Å². The van der Waals surface area contributed by atoms with Crippen LogP contribution in [0.25, 0.3) is 0 Å². The van der Waals surface area contributed by atoms with E-state index in [0.29, 0.717) is 6.54 Å². The van der Waals surface area contributed by atoms with Crippen molar-refractivity contribution < 1.29 is 4.79 Å². The van der Waals surface area contributed by atoms with E-state index >= 15 is 0 Å². The summed E-state index contributed by atoms with van der Waals surface area (Å²) in [7, 11) is 0. The molecule has 4 heteroatoms. The van der Waals surface area contributed by atoms with E-state index in [9.17, 15) is 4.79 Å². The van der Waals surface area contributed by atoms with Gasteiger partial charge in [-0.1, -0.05) is 6.07 Å². The van der Waals surface area contributed by atoms with Gasteiger partial charge in [0.1, 0.15) is 0 Å². The molecule has 0 bridgehead atoms. The number of carbonyl (C=O) groups is 1. The first-order valence-corrected chi connectivity index (χ1v) is 7.25. The summed E-state index contributed by atoms with van der Waals surface area (Å²) in [6.45, 7) is 4.92. The summed E-state index contributed by atoms with van der Waals surface area (Å²) in [5.74, 6) is 0.0265. The number of thiophene rings is 1. The third-order valence-electron chi connectivity index (χ3n) is 3.47. The van der Waals surface area contributed by atoms with Crippen LogP contribution in [0.5, 0.6) is 0 Å². The molecule has 19 heavy (non-hydrogen) atoms. The molecule has 3 rings (SSSR count). The molecule has 0 radical (unpaired) electrons. The molecule has 2 N–H and O–H groups in total. The highest BCUT2D eigenvalue weighted by Gasteiger charge is 2.19. The Bertz CT molecular complexity index is 633. The molecule has 98 valence electrons. The number of anilines is 1. The first-order chi connectivity index (χ1) is 9.15. The van der Waals surface area contributed by atoms with E-state index < -0.39 is 0 Å². The Morgan fingerprint density at radius 3 is 2.95 bits per heavy atom. The maximum atomic E-state index is 11.6. The number of carbonyl (C=O) groups excluding carboxylic acids is 1. The van der Waals surface area contributed by atoms with Gasteiger partial charge in [-0.05, 0) is 48.6 Å². The maximum absolute atomic E-state index is 11.6. The molecule has 1 aromatic heterocycles. The lowest BCUT2D eigenvalue weighted by molar-refractivity contribution is 0.0966. The lowest BCUT2D eigenvalue weighted by Crippen LogP contribution is -2.12. The summed E-state index contributed by atoms with van der Waals surface area (Å²) in [5, 5.41) is 8.41. The summed E-state index contributed by atoms with van der Waals surface area (Å²) in [6, 6.07) is 8.38. The predicted molar refractivity (Wildman–Crippen MR) is 78.7 cm³/mol. The average molecular weight is 272 g/mol. The zero-order valence-electron chi connectivity index (χ0n) is 11.0. The van der Waals surface area contributed by atoms with Crippen LogP contribution in [0.4, 0.5) is 5.69 Å². The van der Waals surface area contributed by atoms with Crippen LogP contribution in [0.3, 0.4) is 0 Å². The van der Waals surface area contributed by atoms with Crippen LogP contribution >= 0.6 is 11.3 Å². The topological polar surface area (TPSA) is 41.1 Å². The third kappa shape index (κ3) is 2.24. The number of amides is 1. The second-order valence-electron chi connectivity index (χ2n) is 4.89. The highest BCUT2D eigenvalue weighted by atomic mass is 32.1. The van der Waals surface area contributed by atoms with Crippen molar-refractivity contribution >= 4 is 22.9 Å². The third-order valence-corrected chi connectivity index (χ3v) is 4.67. The van der Waals surface area contributed by atoms with E-state index in [2.05, 4.69) is 35.9 Å². The number of benzene rings is 1. The van der Waals surface area contributed by atoms with Gasteiger partial charge in [0.2, 0.25) is 0 Å². The molecule has 0 saturated carbocycles. The van der Waals surface area contributed by atoms with E-state index in [4.69, 9.17) is 0 Å². The molecule has 0 saturated heterocycles. The van der Waals surface area contributed by atoms with Gasteiger partial charge in [0.15, 0.2) is 0 Å². The maximum Gasteiger partial charge on any atom is 0.251 e. The zero-order valence-corrected chi connectivity index (χ0v) is 11.8. The van der Waals surface area contributed by atoms with Crippen molar-refractivity contribution in [2.75, 3.05) is 5.32 Å². The van der Waals surface area contributed by atoms with Gasteiger partial charge in [0.25, 0.3) is 5.91 Å². The Kier molecular flexibility index (Phi) is 3.03. The van der Waals surface area contributed by atoms with Crippen LogP contribution < -0.4 is 10.6 Å². The summed E-state index contributed by atoms with van der Waals surface area (Å²) < 4.78 is 0. The van der Waals surface area contributed by atoms with Crippen LogP contribution in [0.15, 0.2) is 29.6 Å². The van der Waals surface area contributed by atoms with Crippen molar-refractivity contribution in [2.24, 2.45) is 0 Å². The quantitative estimate of drug-likeness (QED) is 0.898. The number of hydrogen-bond donors (Lipinski definition) is 2. The SMILES string of the molecule is Cc1ccsc1C(C)Nc1ccc2c(c1)C(=O)NC2. The van der Waals surface area contributed by atoms with Crippen LogP contribution in [-0.2, 0) is 6.54 Å². The summed E-state index contributed by atoms with van der Waals surface area (Å²) in [4.78, 5) is 13.0. The van der Waals surface area contributed by atoms with E-state index in [1.807, 2.05) is 18.2 Å². The van der Waals surface area contributed by atoms with Crippen molar-refractivity contribution in [3.8, 4) is 0 Å². The molecule has 1 aliphatic heterocycles. The van der Waals surface area contributed by atoms with Gasteiger partial charge >= 0.3 is 0 Å². The molecular formula is C15H16N2OS. The molecule has 1 amide bonds. The van der Waals surface area contributed by atoms with Gasteiger partial charge in [-0.2, -0.15) is 0 Å². The Hall–Kier alpha value is -1.81. The molecule has 0 fully saturated rings. The number of aryl methyl sites for hydroxylation is 1. The summed E-state index contributed by atoms with van der Waals surface area (Å²) in [6.07, 6.45) is 0. The van der Waals surface area contributed by atoms with E-state index in [1.165, 1.54) is 10.4 Å². The second-order valence-corrected chi connectivity index (χ2v) is 5.84. The van der Waals surface area contributed by atoms with Crippen molar-refractivity contribution in [3.05, 3.63) is 51.2 Å². The highest BCUT2D eigenvalue weighted by molar-refractivity contribution is 7.10. The molecule has 0 spiro atoms. The smallest absolute Gasteiger partial charge is 0.251 e. The fourth-order valence-corrected chi connectivity index (χ4v) is 3.38. The van der Waals surface area contributed by atoms with E-state index in [0.717, 1.165) is 16.8 Å². The van der Waals surface area contributed by atoms with Gasteiger partial charge in [0.05, 0.1) is 6.04 Å². The van der Waals surface area contributed by atoms with Gasteiger partial charge < -0.3 is 10.6 Å². The minimum atomic E-state index is 0.0265. The van der Waals surface area contributed by atoms with Crippen molar-refractivity contribution in [1.29, 1.82) is 0 Å². The van der Waals surface area contributed by atoms with Crippen molar-refractivity contribution in [2.45, 2.75) is 26.4 Å². The molecular weight excluding hydrogens is 256 g/mol. The normalized spacial score (nSPS) is 14.9. The molecule has 2 aromatic rings. The minimum Gasteiger partial charge on any atom is -0.378 e. The molecule has 1 aromatic carbocycles. The first-order valence-electron chi connectivity index (χ1n) is 6.37. The van der Waals surface area contributed by atoms with Gasteiger partial charge in [-0.25, -0.2) is 0 Å². The molecule has 1 aliphatic rings. The predicted octanol–water partition coefficient (Wildman–Crippen LogP) is 3.47. The average Bonchev–Trinajstić information content (AvgIpc) is 2.97. The van der Waals surface area contributed by atoms with Crippen LogP contribution in [0, 0.1) is 6.92 Å². The number of fused-ring (bicyclic) bond motifs is 1. The fraction of sp³-hybridized carbons (Fsp3) is 0.267. The lowest BCUT2D eigenvalue weighted by atomic mass is 10.1. The van der Waals surface area contributed by atoms with E-state index in [-0.39, 0.29) is 11.9 Å². The number of nitrogens with one attached hydrogen (secondary N) is 2. The van der Waals surface area contributed by atoms with Crippen molar-refractivity contribution in [1.82, 2.24) is 5.32 Å². The van der Waals surface area contributed by atoms with Gasteiger partial charge in [-0.3, -0.25) is 4.79 Å². The van der Waals surface area contributed by atoms with Crippen LogP contribution in [0.2, 0.25) is 0 Å². The summed E-state index contributed by atoms with van der Waals surface area (Å²) >= 11 is 1.76. The molecule has 3 nitrogen and oxygen atoms in total. The number of hydrogen-bond acceptors (Lipinski definition) is 3. The molecule has 1 atom stereocenters. The van der Waals surface area contributed by atoms with Crippen LogP contribution in [0.1, 0.15) is 39.3 Å². The molecule has 2 heterocycles.